The van der Waals surface area contributed by atoms with Gasteiger partial charge in [0.1, 0.15) is 22.9 Å². The van der Waals surface area contributed by atoms with Crippen LogP contribution >= 0.6 is 0 Å². The van der Waals surface area contributed by atoms with Crippen molar-refractivity contribution in [3.63, 3.8) is 0 Å². The third-order valence-corrected chi connectivity index (χ3v) is 6.13. The Balaban J connectivity index is 2.45. The molecule has 2 N–H and O–H groups in total. The molecule has 0 bridgehead atoms. The van der Waals surface area contributed by atoms with E-state index in [0.717, 1.165) is 6.07 Å². The Morgan fingerprint density at radius 1 is 1.15 bits per heavy atom. The average Bonchev–Trinajstić information content (AvgIpc) is 2.51. The van der Waals surface area contributed by atoms with Crippen molar-refractivity contribution in [2.75, 3.05) is 19.8 Å². The van der Waals surface area contributed by atoms with Crippen molar-refractivity contribution in [3.8, 4) is 5.75 Å². The first kappa shape index (κ1) is 20.9. The van der Waals surface area contributed by atoms with Gasteiger partial charge in [-0.25, -0.2) is 26.4 Å². The number of halogens is 4. The molecule has 13 heteroatoms. The first-order chi connectivity index (χ1) is 11.8. The van der Waals surface area contributed by atoms with Crippen molar-refractivity contribution < 1.29 is 43.9 Å². The third kappa shape index (κ3) is 4.45. The monoisotopic (exact) mass is 421 g/mol. The molecule has 0 aliphatic carbocycles. The van der Waals surface area contributed by atoms with Gasteiger partial charge in [-0.05, 0) is 18.2 Å². The molecule has 7 nitrogen and oxygen atoms in total. The summed E-state index contributed by atoms with van der Waals surface area (Å²) in [5, 5.41) is 4.82. The van der Waals surface area contributed by atoms with Gasteiger partial charge in [-0.2, -0.15) is 13.2 Å². The molecule has 1 aliphatic heterocycles. The van der Waals surface area contributed by atoms with Crippen molar-refractivity contribution in [2.45, 2.75) is 33.8 Å². The summed E-state index contributed by atoms with van der Waals surface area (Å²) in [6.07, 6.45) is -0.159. The molecule has 1 fully saturated rings. The van der Waals surface area contributed by atoms with Crippen LogP contribution in [0.5, 0.6) is 5.75 Å². The number of benzene rings is 1. The van der Waals surface area contributed by atoms with Gasteiger partial charge in [0, 0.05) is 26.1 Å². The molecule has 0 saturated carbocycles. The van der Waals surface area contributed by atoms with Crippen LogP contribution in [0.15, 0.2) is 28.0 Å². The molecule has 26 heavy (non-hydrogen) atoms. The highest BCUT2D eigenvalue weighted by Gasteiger charge is 2.49. The summed E-state index contributed by atoms with van der Waals surface area (Å²) in [7, 11) is -10.4. The molecule has 0 radical (unpaired) electrons. The maximum atomic E-state index is 14.5. The first-order valence-corrected chi connectivity index (χ1v) is 10.2. The van der Waals surface area contributed by atoms with E-state index in [1.165, 1.54) is 0 Å². The van der Waals surface area contributed by atoms with Crippen molar-refractivity contribution in [1.82, 2.24) is 0 Å². The molecule has 1 aliphatic rings. The lowest BCUT2D eigenvalue weighted by Crippen LogP contribution is -2.37. The highest BCUT2D eigenvalue weighted by atomic mass is 32.2. The molecule has 1 aromatic carbocycles. The van der Waals surface area contributed by atoms with Crippen LogP contribution in [0.4, 0.5) is 17.6 Å². The number of rotatable bonds is 5. The first-order valence-electron chi connectivity index (χ1n) is 7.14. The molecule has 1 aromatic rings. The van der Waals surface area contributed by atoms with E-state index in [-0.39, 0.29) is 32.1 Å². The number of alkyl halides is 4. The van der Waals surface area contributed by atoms with E-state index in [0.29, 0.717) is 6.07 Å². The SMILES string of the molecule is NS(=O)(=O)c1ccc(OCC2(F)CCOCC2)c(S(=O)(=O)C(F)(F)F)c1. The van der Waals surface area contributed by atoms with Crippen molar-refractivity contribution >= 4 is 19.9 Å². The van der Waals surface area contributed by atoms with Gasteiger partial charge in [0.05, 0.1) is 4.90 Å². The van der Waals surface area contributed by atoms with E-state index in [2.05, 4.69) is 0 Å². The smallest absolute Gasteiger partial charge is 0.489 e. The zero-order valence-electron chi connectivity index (χ0n) is 13.1. The molecular formula is C13H15F4NO6S2. The van der Waals surface area contributed by atoms with E-state index >= 15 is 0 Å². The number of hydrogen-bond acceptors (Lipinski definition) is 6. The minimum atomic E-state index is -5.95. The second-order valence-electron chi connectivity index (χ2n) is 5.65. The van der Waals surface area contributed by atoms with Gasteiger partial charge in [-0.3, -0.25) is 0 Å². The van der Waals surface area contributed by atoms with Crippen LogP contribution in [-0.4, -0.2) is 47.8 Å². The van der Waals surface area contributed by atoms with Crippen LogP contribution in [0, 0.1) is 0 Å². The lowest BCUT2D eigenvalue weighted by Gasteiger charge is -2.29. The average molecular weight is 421 g/mol. The molecule has 1 saturated heterocycles. The molecule has 0 unspecified atom stereocenters. The summed E-state index contributed by atoms with van der Waals surface area (Å²) >= 11 is 0. The number of sulfone groups is 1. The fourth-order valence-corrected chi connectivity index (χ4v) is 3.75. The maximum absolute atomic E-state index is 14.5. The van der Waals surface area contributed by atoms with Gasteiger partial charge in [0.15, 0.2) is 0 Å². The van der Waals surface area contributed by atoms with Gasteiger partial charge in [0.25, 0.3) is 9.84 Å². The molecule has 2 rings (SSSR count). The number of ether oxygens (including phenoxy) is 2. The van der Waals surface area contributed by atoms with Crippen molar-refractivity contribution in [3.05, 3.63) is 18.2 Å². The Hall–Kier alpha value is -1.44. The standard InChI is InChI=1S/C13H15F4NO6S2/c14-12(3-5-23-6-4-12)8-24-10-2-1-9(26(18,21)22)7-11(10)25(19,20)13(15,16)17/h1-2,7H,3-6,8H2,(H2,18,21,22). The van der Waals surface area contributed by atoms with E-state index in [1.54, 1.807) is 0 Å². The van der Waals surface area contributed by atoms with Crippen LogP contribution in [-0.2, 0) is 24.6 Å². The summed E-state index contributed by atoms with van der Waals surface area (Å²) in [5.41, 5.74) is -7.62. The van der Waals surface area contributed by atoms with E-state index in [9.17, 15) is 34.4 Å². The topological polar surface area (TPSA) is 113 Å². The van der Waals surface area contributed by atoms with Crippen LogP contribution in [0.1, 0.15) is 12.8 Å². The number of hydrogen-bond donors (Lipinski definition) is 1. The van der Waals surface area contributed by atoms with Gasteiger partial charge in [-0.1, -0.05) is 0 Å². The highest BCUT2D eigenvalue weighted by Crippen LogP contribution is 2.37. The Kier molecular flexibility index (Phi) is 5.57. The predicted octanol–water partition coefficient (Wildman–Crippen LogP) is 1.53. The van der Waals surface area contributed by atoms with E-state index < -0.39 is 53.2 Å². The fourth-order valence-electron chi connectivity index (χ4n) is 2.21. The van der Waals surface area contributed by atoms with Crippen LogP contribution < -0.4 is 9.88 Å². The lowest BCUT2D eigenvalue weighted by atomic mass is 9.98. The molecule has 1 heterocycles. The van der Waals surface area contributed by atoms with Gasteiger partial charge in [0.2, 0.25) is 10.0 Å². The fraction of sp³-hybridized carbons (Fsp3) is 0.538. The molecule has 0 amide bonds. The molecule has 0 atom stereocenters. The summed E-state index contributed by atoms with van der Waals surface area (Å²) < 4.78 is 109. The third-order valence-electron chi connectivity index (χ3n) is 3.71. The summed E-state index contributed by atoms with van der Waals surface area (Å²) in [6, 6.07) is 1.71. The Morgan fingerprint density at radius 2 is 1.73 bits per heavy atom. The zero-order chi connectivity index (χ0) is 19.8. The lowest BCUT2D eigenvalue weighted by molar-refractivity contribution is -0.0441. The number of nitrogens with two attached hydrogens (primary N) is 1. The number of primary sulfonamides is 1. The minimum Gasteiger partial charge on any atom is -0.489 e. The minimum absolute atomic E-state index is 0.0797. The van der Waals surface area contributed by atoms with Crippen molar-refractivity contribution in [1.29, 1.82) is 0 Å². The largest absolute Gasteiger partial charge is 0.502 e. The zero-order valence-corrected chi connectivity index (χ0v) is 14.8. The van der Waals surface area contributed by atoms with Gasteiger partial charge < -0.3 is 9.47 Å². The maximum Gasteiger partial charge on any atom is 0.502 e. The predicted molar refractivity (Wildman–Crippen MR) is 80.4 cm³/mol. The van der Waals surface area contributed by atoms with Crippen LogP contribution in [0.25, 0.3) is 0 Å². The van der Waals surface area contributed by atoms with Gasteiger partial charge >= 0.3 is 5.51 Å². The Labute approximate surface area is 147 Å². The highest BCUT2D eigenvalue weighted by molar-refractivity contribution is 7.92. The second-order valence-corrected chi connectivity index (χ2v) is 9.13. The normalized spacial score (nSPS) is 18.5. The van der Waals surface area contributed by atoms with Crippen molar-refractivity contribution in [2.24, 2.45) is 5.14 Å². The Bertz CT molecular complexity index is 876. The van der Waals surface area contributed by atoms with E-state index in [4.69, 9.17) is 14.6 Å². The van der Waals surface area contributed by atoms with Crippen LogP contribution in [0.3, 0.4) is 0 Å². The second kappa shape index (κ2) is 6.94. The number of sulfonamides is 1. The molecule has 0 spiro atoms. The van der Waals surface area contributed by atoms with Gasteiger partial charge in [-0.15, -0.1) is 0 Å². The van der Waals surface area contributed by atoms with Crippen LogP contribution in [0.2, 0.25) is 0 Å². The summed E-state index contributed by atoms with van der Waals surface area (Å²) in [5.74, 6) is -0.821. The molecule has 0 aromatic heterocycles. The summed E-state index contributed by atoms with van der Waals surface area (Å²) in [4.78, 5) is -2.30. The molecule has 148 valence electrons. The van der Waals surface area contributed by atoms with E-state index in [1.807, 2.05) is 0 Å². The molecular weight excluding hydrogens is 406 g/mol. The summed E-state index contributed by atoms with van der Waals surface area (Å²) in [6.45, 7) is -0.554. The quantitative estimate of drug-likeness (QED) is 0.722. The Morgan fingerprint density at radius 3 is 2.23 bits per heavy atom.